The Morgan fingerprint density at radius 1 is 1.24 bits per heavy atom. The molecule has 34 heavy (non-hydrogen) atoms. The summed E-state index contributed by atoms with van der Waals surface area (Å²) in [6.07, 6.45) is 12.2. The predicted molar refractivity (Wildman–Crippen MR) is 130 cm³/mol. The van der Waals surface area contributed by atoms with Gasteiger partial charge in [-0.2, -0.15) is 0 Å². The molecule has 3 N–H and O–H groups in total. The van der Waals surface area contributed by atoms with Crippen molar-refractivity contribution in [3.05, 3.63) is 65.9 Å². The Hall–Kier alpha value is -3.39. The summed E-state index contributed by atoms with van der Waals surface area (Å²) < 4.78 is 2.40. The van der Waals surface area contributed by atoms with Gasteiger partial charge in [-0.15, -0.1) is 0 Å². The van der Waals surface area contributed by atoms with E-state index < -0.39 is 11.9 Å². The molecule has 0 spiro atoms. The average molecular weight is 465 g/mol. The van der Waals surface area contributed by atoms with E-state index in [1.165, 1.54) is 41.7 Å². The van der Waals surface area contributed by atoms with Gasteiger partial charge in [0.15, 0.2) is 0 Å². The number of hydrogen-bond donors (Lipinski definition) is 3. The van der Waals surface area contributed by atoms with Gasteiger partial charge in [0.2, 0.25) is 0 Å². The molecule has 5 rings (SSSR count). The van der Waals surface area contributed by atoms with Crippen molar-refractivity contribution in [3.63, 3.8) is 0 Å². The van der Waals surface area contributed by atoms with Gasteiger partial charge < -0.3 is 24.7 Å². The number of benzene rings is 1. The summed E-state index contributed by atoms with van der Waals surface area (Å²) in [5.41, 5.74) is 4.37. The molecule has 3 atom stereocenters. The van der Waals surface area contributed by atoms with Gasteiger partial charge >= 0.3 is 11.9 Å². The number of likely N-dealkylation sites (N-methyl/N-ethyl adjacent to an activating group) is 1. The molecule has 0 amide bonds. The Morgan fingerprint density at radius 2 is 2.00 bits per heavy atom. The first kappa shape index (κ1) is 23.8. The van der Waals surface area contributed by atoms with Crippen molar-refractivity contribution in [1.82, 2.24) is 19.4 Å². The average Bonchev–Trinajstić information content (AvgIpc) is 3.42. The normalized spacial score (nSPS) is 21.8. The van der Waals surface area contributed by atoms with Gasteiger partial charge in [-0.1, -0.05) is 19.1 Å². The highest BCUT2D eigenvalue weighted by Crippen LogP contribution is 2.44. The minimum absolute atomic E-state index is 0.558. The lowest BCUT2D eigenvalue weighted by Crippen LogP contribution is -2.48. The van der Waals surface area contributed by atoms with E-state index >= 15 is 0 Å². The van der Waals surface area contributed by atoms with Gasteiger partial charge in [-0.05, 0) is 49.4 Å². The highest BCUT2D eigenvalue weighted by Gasteiger charge is 2.39. The van der Waals surface area contributed by atoms with Crippen LogP contribution in [0.1, 0.15) is 42.6 Å². The Bertz CT molecular complexity index is 1180. The van der Waals surface area contributed by atoms with Crippen LogP contribution in [0.4, 0.5) is 0 Å². The number of nitrogens with zero attached hydrogens (tertiary/aromatic N) is 3. The third-order valence-corrected chi connectivity index (χ3v) is 6.91. The van der Waals surface area contributed by atoms with E-state index in [-0.39, 0.29) is 0 Å². The molecule has 8 heteroatoms. The second-order valence-corrected chi connectivity index (χ2v) is 9.26. The zero-order chi connectivity index (χ0) is 24.2. The van der Waals surface area contributed by atoms with E-state index in [0.29, 0.717) is 30.0 Å². The molecule has 1 aromatic carbocycles. The number of imidazole rings is 1. The first-order valence-electron chi connectivity index (χ1n) is 11.8. The summed E-state index contributed by atoms with van der Waals surface area (Å²) in [5.74, 6) is 0.0569. The van der Waals surface area contributed by atoms with E-state index in [2.05, 4.69) is 64.0 Å². The third-order valence-electron chi connectivity index (χ3n) is 6.91. The van der Waals surface area contributed by atoms with Crippen molar-refractivity contribution in [3.8, 4) is 0 Å². The molecular formula is C26H32N4O4. The fourth-order valence-corrected chi connectivity index (χ4v) is 5.57. The number of rotatable bonds is 6. The molecule has 1 saturated heterocycles. The Labute approximate surface area is 198 Å². The second-order valence-electron chi connectivity index (χ2n) is 9.26. The first-order valence-corrected chi connectivity index (χ1v) is 11.8. The van der Waals surface area contributed by atoms with Crippen LogP contribution in [-0.2, 0) is 29.0 Å². The number of nitrogens with one attached hydrogen (secondary N) is 1. The monoisotopic (exact) mass is 464 g/mol. The second kappa shape index (κ2) is 10.3. The number of carbonyl (C=O) groups is 2. The van der Waals surface area contributed by atoms with Crippen LogP contribution in [0.25, 0.3) is 10.9 Å². The molecule has 180 valence electrons. The molecule has 3 aromatic rings. The maximum atomic E-state index is 9.55. The van der Waals surface area contributed by atoms with Crippen LogP contribution in [-0.4, -0.2) is 61.2 Å². The predicted octanol–water partition coefficient (Wildman–Crippen LogP) is 3.69. The van der Waals surface area contributed by atoms with Gasteiger partial charge in [0, 0.05) is 73.1 Å². The highest BCUT2D eigenvalue weighted by atomic mass is 16.4. The van der Waals surface area contributed by atoms with Crippen LogP contribution in [0, 0.1) is 5.92 Å². The number of hydrogen-bond acceptors (Lipinski definition) is 4. The number of aromatic amines is 1. The molecule has 2 aliphatic rings. The quantitative estimate of drug-likeness (QED) is 0.480. The molecule has 2 aromatic heterocycles. The maximum Gasteiger partial charge on any atom is 0.328 e. The van der Waals surface area contributed by atoms with Crippen LogP contribution in [0.2, 0.25) is 0 Å². The lowest BCUT2D eigenvalue weighted by Gasteiger charge is -2.45. The van der Waals surface area contributed by atoms with Crippen molar-refractivity contribution >= 4 is 22.8 Å². The number of likely N-dealkylation sites (tertiary alicyclic amines) is 1. The number of aliphatic carboxylic acids is 2. The number of aryl methyl sites for hydroxylation is 1. The van der Waals surface area contributed by atoms with Crippen molar-refractivity contribution in [1.29, 1.82) is 0 Å². The molecule has 0 saturated carbocycles. The van der Waals surface area contributed by atoms with Crippen LogP contribution in [0.5, 0.6) is 0 Å². The number of piperidine rings is 1. The van der Waals surface area contributed by atoms with E-state index in [1.807, 2.05) is 6.20 Å². The zero-order valence-electron chi connectivity index (χ0n) is 19.6. The lowest BCUT2D eigenvalue weighted by molar-refractivity contribution is -0.134. The third kappa shape index (κ3) is 5.07. The minimum Gasteiger partial charge on any atom is -0.478 e. The van der Waals surface area contributed by atoms with Crippen molar-refractivity contribution in [2.75, 3.05) is 13.6 Å². The molecule has 1 aliphatic carbocycles. The Kier molecular flexibility index (Phi) is 7.17. The summed E-state index contributed by atoms with van der Waals surface area (Å²) in [4.78, 5) is 29.8. The zero-order valence-corrected chi connectivity index (χ0v) is 19.6. The van der Waals surface area contributed by atoms with Crippen LogP contribution in [0.3, 0.4) is 0 Å². The summed E-state index contributed by atoms with van der Waals surface area (Å²) in [6.45, 7) is 4.51. The number of fused-ring (bicyclic) bond motifs is 2. The molecule has 1 fully saturated rings. The SMILES string of the molecule is CCCc1nccn1C[C@@H]1C[C@@H]2c3cccc4[nH]cc(c34)C[C@H]2N(C)C1.O=C(O)/C=C/C(=O)O. The van der Waals surface area contributed by atoms with Crippen LogP contribution < -0.4 is 0 Å². The van der Waals surface area contributed by atoms with Gasteiger partial charge in [0.25, 0.3) is 0 Å². The molecule has 0 bridgehead atoms. The molecule has 8 nitrogen and oxygen atoms in total. The number of carboxylic acid groups (broad SMARTS) is 2. The number of carboxylic acids is 2. The fourth-order valence-electron chi connectivity index (χ4n) is 5.57. The lowest BCUT2D eigenvalue weighted by atomic mass is 9.72. The van der Waals surface area contributed by atoms with E-state index in [0.717, 1.165) is 19.4 Å². The van der Waals surface area contributed by atoms with Crippen LogP contribution in [0.15, 0.2) is 48.9 Å². The standard InChI is InChI=1S/C22H28N4.C4H4O4/c1-3-5-21-23-8-9-26(21)14-15-10-18-17-6-4-7-19-22(17)16(12-24-19)11-20(18)25(2)13-15;5-3(6)1-2-4(7)8/h4,6-9,12,15,18,20,24H,3,5,10-11,13-14H2,1-2H3;1-2H,(H,5,6)(H,7,8)/b;2-1+/t15-,18-,20-;/m1./s1. The molecule has 1 aliphatic heterocycles. The number of aromatic nitrogens is 3. The van der Waals surface area contributed by atoms with Crippen molar-refractivity contribution in [2.45, 2.75) is 51.1 Å². The molecular weight excluding hydrogens is 432 g/mol. The van der Waals surface area contributed by atoms with Gasteiger partial charge in [0.1, 0.15) is 5.82 Å². The Morgan fingerprint density at radius 3 is 2.71 bits per heavy atom. The Balaban J connectivity index is 0.000000297. The fraction of sp³-hybridized carbons (Fsp3) is 0.423. The van der Waals surface area contributed by atoms with Gasteiger partial charge in [-0.3, -0.25) is 0 Å². The summed E-state index contributed by atoms with van der Waals surface area (Å²) >= 11 is 0. The highest BCUT2D eigenvalue weighted by molar-refractivity contribution is 5.89. The minimum atomic E-state index is -1.26. The van der Waals surface area contributed by atoms with E-state index in [1.54, 1.807) is 5.56 Å². The van der Waals surface area contributed by atoms with E-state index in [4.69, 9.17) is 10.2 Å². The first-order chi connectivity index (χ1) is 16.4. The summed E-state index contributed by atoms with van der Waals surface area (Å²) in [5, 5.41) is 17.1. The summed E-state index contributed by atoms with van der Waals surface area (Å²) in [6, 6.07) is 7.44. The molecule has 3 heterocycles. The molecule has 0 radical (unpaired) electrons. The topological polar surface area (TPSA) is 111 Å². The van der Waals surface area contributed by atoms with E-state index in [9.17, 15) is 9.59 Å². The largest absolute Gasteiger partial charge is 0.478 e. The van der Waals surface area contributed by atoms with Gasteiger partial charge in [0.05, 0.1) is 0 Å². The maximum absolute atomic E-state index is 9.55. The van der Waals surface area contributed by atoms with Crippen molar-refractivity contribution in [2.24, 2.45) is 5.92 Å². The number of H-pyrrole nitrogens is 1. The van der Waals surface area contributed by atoms with Crippen LogP contribution >= 0.6 is 0 Å². The molecule has 0 unspecified atom stereocenters. The summed E-state index contributed by atoms with van der Waals surface area (Å²) in [7, 11) is 2.32. The van der Waals surface area contributed by atoms with Gasteiger partial charge in [-0.25, -0.2) is 14.6 Å². The smallest absolute Gasteiger partial charge is 0.328 e. The van der Waals surface area contributed by atoms with Crippen molar-refractivity contribution < 1.29 is 19.8 Å².